The molecule has 2 aromatic rings. The summed E-state index contributed by atoms with van der Waals surface area (Å²) in [7, 11) is 0. The number of ether oxygens (including phenoxy) is 1. The second kappa shape index (κ2) is 8.41. The number of anilines is 1. The number of halogens is 4. The molecule has 0 saturated carbocycles. The van der Waals surface area contributed by atoms with Crippen LogP contribution in [0.1, 0.15) is 18.9 Å². The first-order valence-electron chi connectivity index (χ1n) is 8.54. The van der Waals surface area contributed by atoms with Gasteiger partial charge in [-0.25, -0.2) is 27.5 Å². The highest BCUT2D eigenvalue weighted by Gasteiger charge is 2.39. The van der Waals surface area contributed by atoms with Crippen LogP contribution in [0.5, 0.6) is 6.01 Å². The average Bonchev–Trinajstić information content (AvgIpc) is 2.67. The Kier molecular flexibility index (Phi) is 5.95. The lowest BCUT2D eigenvalue weighted by Gasteiger charge is -2.43. The monoisotopic (exact) mass is 410 g/mol. The van der Waals surface area contributed by atoms with Gasteiger partial charge in [-0.05, 0) is 25.1 Å². The van der Waals surface area contributed by atoms with Crippen LogP contribution in [0.3, 0.4) is 0 Å². The number of nitrogens with zero attached hydrogens (tertiary/aromatic N) is 5. The summed E-state index contributed by atoms with van der Waals surface area (Å²) in [6.07, 6.45) is 1.27. The molecule has 3 rings (SSSR count). The average molecular weight is 410 g/mol. The molecule has 0 amide bonds. The van der Waals surface area contributed by atoms with Gasteiger partial charge in [0.15, 0.2) is 0 Å². The van der Waals surface area contributed by atoms with Gasteiger partial charge in [0.2, 0.25) is 0 Å². The molecule has 2 heterocycles. The fourth-order valence-electron chi connectivity index (χ4n) is 2.65. The molecule has 0 bridgehead atoms. The summed E-state index contributed by atoms with van der Waals surface area (Å²) in [4.78, 5) is 13.8. The molecule has 29 heavy (non-hydrogen) atoms. The standard InChI is InChI=1S/C18H18F4N6O/c1-18(22)9-28(10-18)13-6-25-17(26-7-13)29-8-12(27-23)5-24-11-2-3-15(19)14(4-11)16(20)21/h2-7,16H,8-10,23H2,1H3. The van der Waals surface area contributed by atoms with Gasteiger partial charge in [0.25, 0.3) is 6.43 Å². The summed E-state index contributed by atoms with van der Waals surface area (Å²) < 4.78 is 57.7. The van der Waals surface area contributed by atoms with E-state index >= 15 is 0 Å². The van der Waals surface area contributed by atoms with Gasteiger partial charge >= 0.3 is 6.01 Å². The molecule has 0 unspecified atom stereocenters. The maximum absolute atomic E-state index is 13.5. The lowest BCUT2D eigenvalue weighted by molar-refractivity contribution is 0.144. The second-order valence-corrected chi connectivity index (χ2v) is 6.67. The quantitative estimate of drug-likeness (QED) is 0.328. The van der Waals surface area contributed by atoms with E-state index in [1.54, 1.807) is 4.90 Å². The predicted molar refractivity (Wildman–Crippen MR) is 100 cm³/mol. The normalized spacial score (nSPS) is 16.3. The molecule has 1 aromatic heterocycles. The van der Waals surface area contributed by atoms with Crippen molar-refractivity contribution in [3.63, 3.8) is 0 Å². The maximum Gasteiger partial charge on any atom is 0.316 e. The molecule has 1 aromatic carbocycles. The van der Waals surface area contributed by atoms with Gasteiger partial charge in [-0.1, -0.05) is 0 Å². The molecule has 1 aliphatic heterocycles. The fourth-order valence-corrected chi connectivity index (χ4v) is 2.65. The van der Waals surface area contributed by atoms with E-state index in [2.05, 4.69) is 20.1 Å². The van der Waals surface area contributed by atoms with Crippen molar-refractivity contribution in [1.82, 2.24) is 9.97 Å². The Morgan fingerprint density at radius 1 is 1.34 bits per heavy atom. The topological polar surface area (TPSA) is 89.0 Å². The van der Waals surface area contributed by atoms with E-state index in [4.69, 9.17) is 10.6 Å². The molecule has 0 spiro atoms. The van der Waals surface area contributed by atoms with Crippen LogP contribution < -0.4 is 15.5 Å². The number of hydrogen-bond acceptors (Lipinski definition) is 7. The third-order valence-electron chi connectivity index (χ3n) is 4.11. The first-order chi connectivity index (χ1) is 13.8. The summed E-state index contributed by atoms with van der Waals surface area (Å²) in [6.45, 7) is 1.94. The van der Waals surface area contributed by atoms with Gasteiger partial charge in [-0.2, -0.15) is 5.10 Å². The SMILES string of the molecule is CC1(F)CN(c2cnc(OCC(C=Nc3ccc(F)c(C(F)F)c3)=NN)nc2)C1. The highest BCUT2D eigenvalue weighted by atomic mass is 19.3. The highest BCUT2D eigenvalue weighted by molar-refractivity contribution is 6.31. The Hall–Kier alpha value is -3.24. The molecular formula is C18H18F4N6O. The molecule has 154 valence electrons. The zero-order valence-corrected chi connectivity index (χ0v) is 15.4. The van der Waals surface area contributed by atoms with E-state index in [1.807, 2.05) is 0 Å². The van der Waals surface area contributed by atoms with Crippen molar-refractivity contribution in [3.8, 4) is 6.01 Å². The first kappa shape index (κ1) is 20.5. The van der Waals surface area contributed by atoms with E-state index in [9.17, 15) is 17.6 Å². The van der Waals surface area contributed by atoms with Crippen molar-refractivity contribution in [2.75, 3.05) is 24.6 Å². The third kappa shape index (κ3) is 5.18. The Balaban J connectivity index is 1.57. The van der Waals surface area contributed by atoms with E-state index in [0.717, 1.165) is 12.1 Å². The van der Waals surface area contributed by atoms with Crippen LogP contribution in [0, 0.1) is 5.82 Å². The molecule has 11 heteroatoms. The molecule has 0 atom stereocenters. The lowest BCUT2D eigenvalue weighted by Crippen LogP contribution is -2.57. The predicted octanol–water partition coefficient (Wildman–Crippen LogP) is 3.20. The number of hydrazone groups is 1. The van der Waals surface area contributed by atoms with Crippen LogP contribution >= 0.6 is 0 Å². The largest absolute Gasteiger partial charge is 0.457 e. The zero-order chi connectivity index (χ0) is 21.0. The second-order valence-electron chi connectivity index (χ2n) is 6.67. The van der Waals surface area contributed by atoms with Crippen molar-refractivity contribution in [1.29, 1.82) is 0 Å². The van der Waals surface area contributed by atoms with E-state index in [0.29, 0.717) is 5.69 Å². The van der Waals surface area contributed by atoms with Crippen LogP contribution in [0.25, 0.3) is 0 Å². The highest BCUT2D eigenvalue weighted by Crippen LogP contribution is 2.29. The number of aromatic nitrogens is 2. The van der Waals surface area contributed by atoms with E-state index in [-0.39, 0.29) is 37.1 Å². The van der Waals surface area contributed by atoms with Crippen LogP contribution in [0.15, 0.2) is 40.7 Å². The van der Waals surface area contributed by atoms with Gasteiger partial charge < -0.3 is 15.5 Å². The van der Waals surface area contributed by atoms with Crippen molar-refractivity contribution < 1.29 is 22.3 Å². The molecule has 0 aliphatic carbocycles. The zero-order valence-electron chi connectivity index (χ0n) is 15.4. The van der Waals surface area contributed by atoms with E-state index in [1.165, 1.54) is 31.6 Å². The van der Waals surface area contributed by atoms with Crippen LogP contribution in [0.2, 0.25) is 0 Å². The molecule has 0 radical (unpaired) electrons. The van der Waals surface area contributed by atoms with Gasteiger partial charge in [0.05, 0.1) is 48.6 Å². The number of nitrogens with two attached hydrogens (primary N) is 1. The Morgan fingerprint density at radius 3 is 2.62 bits per heavy atom. The number of alkyl halides is 3. The van der Waals surface area contributed by atoms with Crippen LogP contribution in [-0.2, 0) is 0 Å². The van der Waals surface area contributed by atoms with Gasteiger partial charge in [-0.15, -0.1) is 0 Å². The third-order valence-corrected chi connectivity index (χ3v) is 4.11. The number of rotatable bonds is 7. The summed E-state index contributed by atoms with van der Waals surface area (Å²) >= 11 is 0. The lowest BCUT2D eigenvalue weighted by atomic mass is 9.99. The van der Waals surface area contributed by atoms with Crippen molar-refractivity contribution >= 4 is 23.3 Å². The molecule has 1 fully saturated rings. The minimum Gasteiger partial charge on any atom is -0.457 e. The van der Waals surface area contributed by atoms with E-state index < -0.39 is 23.5 Å². The minimum absolute atomic E-state index is 0.0496. The molecule has 1 saturated heterocycles. The smallest absolute Gasteiger partial charge is 0.316 e. The first-order valence-corrected chi connectivity index (χ1v) is 8.54. The summed E-state index contributed by atoms with van der Waals surface area (Å²) in [5.74, 6) is 4.26. The summed E-state index contributed by atoms with van der Waals surface area (Å²) in [5, 5.41) is 3.49. The minimum atomic E-state index is -2.95. The molecule has 2 N–H and O–H groups in total. The number of aliphatic imine (C=N–C) groups is 1. The molecular weight excluding hydrogens is 392 g/mol. The fraction of sp³-hybridized carbons (Fsp3) is 0.333. The van der Waals surface area contributed by atoms with Crippen molar-refractivity contribution in [2.45, 2.75) is 19.0 Å². The Labute approximate surface area is 163 Å². The van der Waals surface area contributed by atoms with Crippen molar-refractivity contribution in [2.24, 2.45) is 15.9 Å². The van der Waals surface area contributed by atoms with Crippen LogP contribution in [-0.4, -0.2) is 47.3 Å². The summed E-state index contributed by atoms with van der Waals surface area (Å²) in [5.41, 5.74) is -0.991. The Morgan fingerprint density at radius 2 is 2.03 bits per heavy atom. The van der Waals surface area contributed by atoms with Gasteiger partial charge in [-0.3, -0.25) is 4.99 Å². The van der Waals surface area contributed by atoms with Gasteiger partial charge in [0, 0.05) is 0 Å². The van der Waals surface area contributed by atoms with Crippen molar-refractivity contribution in [3.05, 3.63) is 42.0 Å². The summed E-state index contributed by atoms with van der Waals surface area (Å²) in [6, 6.07) is 3.13. The maximum atomic E-state index is 13.5. The number of hydrogen-bond donors (Lipinski definition) is 1. The molecule has 7 nitrogen and oxygen atoms in total. The molecule has 1 aliphatic rings. The Bertz CT molecular complexity index is 909. The number of benzene rings is 1. The van der Waals surface area contributed by atoms with Crippen LogP contribution in [0.4, 0.5) is 28.9 Å². The van der Waals surface area contributed by atoms with Gasteiger partial charge in [0.1, 0.15) is 23.8 Å².